The minimum Gasteiger partial charge on any atom is -0.378 e. The van der Waals surface area contributed by atoms with Crippen LogP contribution in [0, 0.1) is 5.92 Å². The van der Waals surface area contributed by atoms with Gasteiger partial charge in [-0.25, -0.2) is 0 Å². The van der Waals surface area contributed by atoms with E-state index in [1.54, 1.807) is 0 Å². The van der Waals surface area contributed by atoms with Crippen molar-refractivity contribution in [1.29, 1.82) is 0 Å². The SMILES string of the molecule is CCc1ccc(N2CCC(OCC3CCC3)CC2)cc1. The van der Waals surface area contributed by atoms with Crippen LogP contribution in [0.5, 0.6) is 0 Å². The zero-order valence-corrected chi connectivity index (χ0v) is 12.7. The van der Waals surface area contributed by atoms with E-state index in [0.717, 1.165) is 32.0 Å². The van der Waals surface area contributed by atoms with Gasteiger partial charge in [0.05, 0.1) is 6.10 Å². The molecule has 1 aromatic carbocycles. The van der Waals surface area contributed by atoms with Gasteiger partial charge in [-0.15, -0.1) is 0 Å². The number of rotatable bonds is 5. The highest BCUT2D eigenvalue weighted by molar-refractivity contribution is 5.48. The van der Waals surface area contributed by atoms with Crippen molar-refractivity contribution in [3.8, 4) is 0 Å². The lowest BCUT2D eigenvalue weighted by atomic mass is 9.86. The third-order valence-electron chi connectivity index (χ3n) is 4.94. The average Bonchev–Trinajstić information content (AvgIpc) is 2.46. The van der Waals surface area contributed by atoms with Crippen molar-refractivity contribution >= 4 is 5.69 Å². The van der Waals surface area contributed by atoms with Gasteiger partial charge in [0.15, 0.2) is 0 Å². The Balaban J connectivity index is 1.44. The molecule has 1 heterocycles. The van der Waals surface area contributed by atoms with Crippen LogP contribution in [0.4, 0.5) is 5.69 Å². The molecular weight excluding hydrogens is 246 g/mol. The third-order valence-corrected chi connectivity index (χ3v) is 4.94. The van der Waals surface area contributed by atoms with Gasteiger partial charge in [-0.05, 0) is 55.7 Å². The number of hydrogen-bond acceptors (Lipinski definition) is 2. The van der Waals surface area contributed by atoms with Crippen LogP contribution in [0.2, 0.25) is 0 Å². The highest BCUT2D eigenvalue weighted by Crippen LogP contribution is 2.28. The molecule has 1 saturated carbocycles. The van der Waals surface area contributed by atoms with Gasteiger partial charge in [-0.1, -0.05) is 25.5 Å². The second-order valence-corrected chi connectivity index (χ2v) is 6.34. The molecule has 0 bridgehead atoms. The zero-order valence-electron chi connectivity index (χ0n) is 12.7. The topological polar surface area (TPSA) is 12.5 Å². The summed E-state index contributed by atoms with van der Waals surface area (Å²) in [5.41, 5.74) is 2.80. The van der Waals surface area contributed by atoms with Crippen molar-refractivity contribution < 1.29 is 4.74 Å². The zero-order chi connectivity index (χ0) is 13.8. The van der Waals surface area contributed by atoms with E-state index in [2.05, 4.69) is 36.1 Å². The van der Waals surface area contributed by atoms with Gasteiger partial charge in [0.2, 0.25) is 0 Å². The number of benzene rings is 1. The first-order chi connectivity index (χ1) is 9.85. The van der Waals surface area contributed by atoms with E-state index in [-0.39, 0.29) is 0 Å². The molecule has 1 aliphatic carbocycles. The largest absolute Gasteiger partial charge is 0.378 e. The summed E-state index contributed by atoms with van der Waals surface area (Å²) >= 11 is 0. The first-order valence-corrected chi connectivity index (χ1v) is 8.30. The molecule has 0 atom stereocenters. The van der Waals surface area contributed by atoms with Crippen LogP contribution in [0.3, 0.4) is 0 Å². The highest BCUT2D eigenvalue weighted by atomic mass is 16.5. The number of piperidine rings is 1. The van der Waals surface area contributed by atoms with Crippen LogP contribution >= 0.6 is 0 Å². The van der Waals surface area contributed by atoms with Gasteiger partial charge in [0, 0.05) is 25.4 Å². The minimum atomic E-state index is 0.502. The Morgan fingerprint density at radius 3 is 2.30 bits per heavy atom. The summed E-state index contributed by atoms with van der Waals surface area (Å²) in [5.74, 6) is 0.870. The monoisotopic (exact) mass is 273 g/mol. The Hall–Kier alpha value is -1.02. The Morgan fingerprint density at radius 2 is 1.75 bits per heavy atom. The summed E-state index contributed by atoms with van der Waals surface area (Å²) in [7, 11) is 0. The summed E-state index contributed by atoms with van der Waals surface area (Å²) in [5, 5.41) is 0. The minimum absolute atomic E-state index is 0.502. The molecule has 20 heavy (non-hydrogen) atoms. The maximum Gasteiger partial charge on any atom is 0.0609 e. The van der Waals surface area contributed by atoms with Crippen molar-refractivity contribution in [2.45, 2.75) is 51.6 Å². The summed E-state index contributed by atoms with van der Waals surface area (Å²) < 4.78 is 6.08. The quantitative estimate of drug-likeness (QED) is 0.803. The summed E-state index contributed by atoms with van der Waals surface area (Å²) in [6.45, 7) is 5.50. The predicted molar refractivity (Wildman–Crippen MR) is 84.3 cm³/mol. The maximum atomic E-state index is 6.08. The summed E-state index contributed by atoms with van der Waals surface area (Å²) in [4.78, 5) is 2.50. The number of ether oxygens (including phenoxy) is 1. The molecule has 0 unspecified atom stereocenters. The maximum absolute atomic E-state index is 6.08. The van der Waals surface area contributed by atoms with Crippen LogP contribution in [0.1, 0.15) is 44.6 Å². The van der Waals surface area contributed by atoms with E-state index in [1.165, 1.54) is 43.4 Å². The lowest BCUT2D eigenvalue weighted by molar-refractivity contribution is -0.000937. The van der Waals surface area contributed by atoms with Crippen LogP contribution in [-0.4, -0.2) is 25.8 Å². The van der Waals surface area contributed by atoms with Crippen LogP contribution in [0.25, 0.3) is 0 Å². The molecule has 2 aliphatic rings. The average molecular weight is 273 g/mol. The van der Waals surface area contributed by atoms with Crippen LogP contribution in [-0.2, 0) is 11.2 Å². The van der Waals surface area contributed by atoms with Gasteiger partial charge in [-0.2, -0.15) is 0 Å². The first kappa shape index (κ1) is 13.9. The fourth-order valence-electron chi connectivity index (χ4n) is 3.15. The van der Waals surface area contributed by atoms with Crippen molar-refractivity contribution in [2.24, 2.45) is 5.92 Å². The molecule has 0 amide bonds. The van der Waals surface area contributed by atoms with Crippen molar-refractivity contribution in [3.05, 3.63) is 29.8 Å². The molecule has 0 radical (unpaired) electrons. The molecule has 0 aromatic heterocycles. The van der Waals surface area contributed by atoms with Crippen LogP contribution in [0.15, 0.2) is 24.3 Å². The van der Waals surface area contributed by atoms with Gasteiger partial charge >= 0.3 is 0 Å². The Kier molecular flexibility index (Phi) is 4.62. The number of anilines is 1. The lowest BCUT2D eigenvalue weighted by Crippen LogP contribution is -2.37. The van der Waals surface area contributed by atoms with E-state index in [9.17, 15) is 0 Å². The molecule has 0 spiro atoms. The van der Waals surface area contributed by atoms with Gasteiger partial charge < -0.3 is 9.64 Å². The second kappa shape index (κ2) is 6.62. The fourth-order valence-corrected chi connectivity index (χ4v) is 3.15. The molecule has 110 valence electrons. The standard InChI is InChI=1S/C18H27NO/c1-2-15-6-8-17(9-7-15)19-12-10-18(11-13-19)20-14-16-4-3-5-16/h6-9,16,18H,2-5,10-14H2,1H3. The van der Waals surface area contributed by atoms with Crippen molar-refractivity contribution in [1.82, 2.24) is 0 Å². The Morgan fingerprint density at radius 1 is 1.05 bits per heavy atom. The van der Waals surface area contributed by atoms with E-state index in [0.29, 0.717) is 6.10 Å². The fraction of sp³-hybridized carbons (Fsp3) is 0.667. The molecule has 3 rings (SSSR count). The molecule has 1 aliphatic heterocycles. The first-order valence-electron chi connectivity index (χ1n) is 8.30. The Labute approximate surface area is 123 Å². The lowest BCUT2D eigenvalue weighted by Gasteiger charge is -2.35. The van der Waals surface area contributed by atoms with Gasteiger partial charge in [-0.3, -0.25) is 0 Å². The van der Waals surface area contributed by atoms with Crippen molar-refractivity contribution in [3.63, 3.8) is 0 Å². The molecule has 2 heteroatoms. The highest BCUT2D eigenvalue weighted by Gasteiger charge is 2.23. The number of aryl methyl sites for hydroxylation is 1. The van der Waals surface area contributed by atoms with Gasteiger partial charge in [0.1, 0.15) is 0 Å². The van der Waals surface area contributed by atoms with Gasteiger partial charge in [0.25, 0.3) is 0 Å². The Bertz CT molecular complexity index is 402. The smallest absolute Gasteiger partial charge is 0.0609 e. The van der Waals surface area contributed by atoms with E-state index in [1.807, 2.05) is 0 Å². The molecule has 0 N–H and O–H groups in total. The van der Waals surface area contributed by atoms with Crippen LogP contribution < -0.4 is 4.90 Å². The molecule has 2 fully saturated rings. The van der Waals surface area contributed by atoms with E-state index < -0.39 is 0 Å². The summed E-state index contributed by atoms with van der Waals surface area (Å²) in [6.07, 6.45) is 8.19. The third kappa shape index (κ3) is 3.35. The van der Waals surface area contributed by atoms with E-state index in [4.69, 9.17) is 4.74 Å². The molecule has 1 aromatic rings. The number of hydrogen-bond donors (Lipinski definition) is 0. The number of nitrogens with zero attached hydrogens (tertiary/aromatic N) is 1. The molecule has 1 saturated heterocycles. The molecular formula is C18H27NO. The molecule has 2 nitrogen and oxygen atoms in total. The van der Waals surface area contributed by atoms with Crippen molar-refractivity contribution in [2.75, 3.05) is 24.6 Å². The predicted octanol–water partition coefficient (Wildman–Crippen LogP) is 4.03. The normalized spacial score (nSPS) is 20.9. The van der Waals surface area contributed by atoms with E-state index >= 15 is 0 Å². The second-order valence-electron chi connectivity index (χ2n) is 6.34. The summed E-state index contributed by atoms with van der Waals surface area (Å²) in [6, 6.07) is 9.06.